The Hall–Kier alpha value is -2.81. The monoisotopic (exact) mass is 518 g/mol. The average molecular weight is 519 g/mol. The number of aromatic nitrogens is 2. The number of carbonyl (C=O) groups excluding carboxylic acids is 1. The van der Waals surface area contributed by atoms with Crippen molar-refractivity contribution in [2.45, 2.75) is 44.3 Å². The van der Waals surface area contributed by atoms with Gasteiger partial charge in [-0.3, -0.25) is 4.79 Å². The number of amides is 1. The van der Waals surface area contributed by atoms with E-state index in [9.17, 15) is 4.79 Å². The Kier molecular flexibility index (Phi) is 7.65. The lowest BCUT2D eigenvalue weighted by molar-refractivity contribution is -0.113. The highest BCUT2D eigenvalue weighted by Crippen LogP contribution is 2.34. The minimum absolute atomic E-state index is 0.106. The average Bonchev–Trinajstić information content (AvgIpc) is 3.47. The Balaban J connectivity index is 1.46. The first kappa shape index (κ1) is 24.9. The number of thioether (sulfide) groups is 2. The Bertz CT molecular complexity index is 1270. The Morgan fingerprint density at radius 1 is 1.08 bits per heavy atom. The maximum atomic E-state index is 12.9. The van der Waals surface area contributed by atoms with Crippen molar-refractivity contribution in [2.75, 3.05) is 18.8 Å². The molecule has 36 heavy (non-hydrogen) atoms. The predicted molar refractivity (Wildman–Crippen MR) is 150 cm³/mol. The number of amidine groups is 1. The Labute approximate surface area is 220 Å². The summed E-state index contributed by atoms with van der Waals surface area (Å²) in [5.41, 5.74) is 3.72. The van der Waals surface area contributed by atoms with Gasteiger partial charge < -0.3 is 9.64 Å². The molecule has 186 valence electrons. The predicted octanol–water partition coefficient (Wildman–Crippen LogP) is 6.12. The number of aliphatic imine (C=N–C) groups is 1. The zero-order valence-corrected chi connectivity index (χ0v) is 22.4. The van der Waals surface area contributed by atoms with Crippen LogP contribution in [0.1, 0.15) is 32.8 Å². The lowest BCUT2D eigenvalue weighted by atomic mass is 10.1. The SMILES string of the molecule is CCCSc1ccc(-c2nn(-c3ccccc3)cc2/C=C2\SC(N3C[C@@H](C)O[C@H](C)C3)=NC2=O)cc1. The van der Waals surface area contributed by atoms with Crippen LogP contribution in [0.15, 0.2) is 75.6 Å². The van der Waals surface area contributed by atoms with Gasteiger partial charge in [-0.25, -0.2) is 4.68 Å². The molecule has 3 heterocycles. The minimum atomic E-state index is -0.202. The molecule has 0 N–H and O–H groups in total. The van der Waals surface area contributed by atoms with Gasteiger partial charge >= 0.3 is 0 Å². The number of ether oxygens (including phenoxy) is 1. The van der Waals surface area contributed by atoms with Crippen LogP contribution in [0.5, 0.6) is 0 Å². The van der Waals surface area contributed by atoms with E-state index >= 15 is 0 Å². The van der Waals surface area contributed by atoms with Gasteiger partial charge in [0, 0.05) is 35.3 Å². The number of hydrogen-bond acceptors (Lipinski definition) is 6. The fourth-order valence-corrected chi connectivity index (χ4v) is 6.06. The van der Waals surface area contributed by atoms with Gasteiger partial charge in [0.2, 0.25) is 0 Å². The first-order chi connectivity index (χ1) is 17.5. The summed E-state index contributed by atoms with van der Waals surface area (Å²) in [7, 11) is 0. The van der Waals surface area contributed by atoms with Crippen molar-refractivity contribution >= 4 is 40.7 Å². The summed E-state index contributed by atoms with van der Waals surface area (Å²) in [5.74, 6) is 0.897. The second-order valence-electron chi connectivity index (χ2n) is 9.06. The van der Waals surface area contributed by atoms with Crippen LogP contribution < -0.4 is 0 Å². The fraction of sp³-hybridized carbons (Fsp3) is 0.321. The number of nitrogens with zero attached hydrogens (tertiary/aromatic N) is 4. The molecule has 0 aliphatic carbocycles. The number of carbonyl (C=O) groups is 1. The maximum absolute atomic E-state index is 12.9. The van der Waals surface area contributed by atoms with E-state index in [1.54, 1.807) is 0 Å². The summed E-state index contributed by atoms with van der Waals surface area (Å²) in [6.07, 6.45) is 5.27. The summed E-state index contributed by atoms with van der Waals surface area (Å²) in [5, 5.41) is 5.67. The molecule has 0 unspecified atom stereocenters. The fourth-order valence-electron chi connectivity index (χ4n) is 4.37. The van der Waals surface area contributed by atoms with E-state index in [2.05, 4.69) is 54.9 Å². The van der Waals surface area contributed by atoms with Crippen molar-refractivity contribution in [1.82, 2.24) is 14.7 Å². The third-order valence-electron chi connectivity index (χ3n) is 5.95. The van der Waals surface area contributed by atoms with E-state index in [0.29, 0.717) is 4.91 Å². The Morgan fingerprint density at radius 3 is 2.50 bits per heavy atom. The second kappa shape index (κ2) is 11.1. The van der Waals surface area contributed by atoms with Gasteiger partial charge in [0.05, 0.1) is 28.5 Å². The first-order valence-corrected chi connectivity index (χ1v) is 14.1. The summed E-state index contributed by atoms with van der Waals surface area (Å²) in [6, 6.07) is 18.5. The smallest absolute Gasteiger partial charge is 0.286 e. The van der Waals surface area contributed by atoms with Crippen molar-refractivity contribution in [1.29, 1.82) is 0 Å². The van der Waals surface area contributed by atoms with Crippen LogP contribution in [0.4, 0.5) is 0 Å². The molecule has 2 aliphatic heterocycles. The van der Waals surface area contributed by atoms with Gasteiger partial charge in [0.1, 0.15) is 0 Å². The van der Waals surface area contributed by atoms with Crippen molar-refractivity contribution in [3.63, 3.8) is 0 Å². The first-order valence-electron chi connectivity index (χ1n) is 12.3. The molecule has 2 atom stereocenters. The number of benzene rings is 2. The van der Waals surface area contributed by atoms with E-state index in [-0.39, 0.29) is 18.1 Å². The molecule has 0 saturated carbocycles. The van der Waals surface area contributed by atoms with Crippen LogP contribution in [0.3, 0.4) is 0 Å². The summed E-state index contributed by atoms with van der Waals surface area (Å²) in [4.78, 5) is 21.3. The van der Waals surface area contributed by atoms with Gasteiger partial charge in [-0.05, 0) is 68.1 Å². The highest BCUT2D eigenvalue weighted by molar-refractivity contribution is 8.18. The Morgan fingerprint density at radius 2 is 1.81 bits per heavy atom. The van der Waals surface area contributed by atoms with E-state index in [1.165, 1.54) is 16.7 Å². The lowest BCUT2D eigenvalue weighted by Crippen LogP contribution is -2.47. The molecule has 1 aromatic heterocycles. The van der Waals surface area contributed by atoms with E-state index < -0.39 is 0 Å². The number of rotatable bonds is 6. The van der Waals surface area contributed by atoms with Crippen LogP contribution in [0, 0.1) is 0 Å². The van der Waals surface area contributed by atoms with Gasteiger partial charge in [-0.2, -0.15) is 10.1 Å². The molecule has 1 saturated heterocycles. The molecule has 2 aromatic carbocycles. The standard InChI is InChI=1S/C28H30N4O2S2/c1-4-14-35-24-12-10-21(11-13-24)26-22(18-32(30-26)23-8-6-5-7-9-23)15-25-27(33)29-28(36-25)31-16-19(2)34-20(3)17-31/h5-13,15,18-20H,4,14,16-17H2,1-3H3/b25-15-/t19-,20-/m1/s1. The van der Waals surface area contributed by atoms with Crippen molar-refractivity contribution < 1.29 is 9.53 Å². The molecule has 0 radical (unpaired) electrons. The van der Waals surface area contributed by atoms with Crippen LogP contribution in [-0.4, -0.2) is 56.8 Å². The summed E-state index contributed by atoms with van der Waals surface area (Å²) >= 11 is 3.29. The third-order valence-corrected chi connectivity index (χ3v) is 8.21. The highest BCUT2D eigenvalue weighted by atomic mass is 32.2. The number of para-hydroxylation sites is 1. The van der Waals surface area contributed by atoms with E-state index in [0.717, 1.165) is 52.9 Å². The van der Waals surface area contributed by atoms with E-state index in [4.69, 9.17) is 9.84 Å². The lowest BCUT2D eigenvalue weighted by Gasteiger charge is -2.35. The summed E-state index contributed by atoms with van der Waals surface area (Å²) in [6.45, 7) is 7.76. The van der Waals surface area contributed by atoms with Gasteiger partial charge in [-0.15, -0.1) is 11.8 Å². The molecule has 2 aliphatic rings. The second-order valence-corrected chi connectivity index (χ2v) is 11.2. The van der Waals surface area contributed by atoms with Gasteiger partial charge in [0.25, 0.3) is 5.91 Å². The topological polar surface area (TPSA) is 59.7 Å². The molecule has 0 bridgehead atoms. The minimum Gasteiger partial charge on any atom is -0.372 e. The summed E-state index contributed by atoms with van der Waals surface area (Å²) < 4.78 is 7.72. The zero-order chi connectivity index (χ0) is 25.1. The molecule has 6 nitrogen and oxygen atoms in total. The molecule has 3 aromatic rings. The largest absolute Gasteiger partial charge is 0.372 e. The van der Waals surface area contributed by atoms with Gasteiger partial charge in [-0.1, -0.05) is 37.3 Å². The van der Waals surface area contributed by atoms with Crippen LogP contribution >= 0.6 is 23.5 Å². The van der Waals surface area contributed by atoms with Crippen molar-refractivity contribution in [3.05, 3.63) is 71.3 Å². The van der Waals surface area contributed by atoms with Crippen molar-refractivity contribution in [2.24, 2.45) is 4.99 Å². The van der Waals surface area contributed by atoms with Crippen molar-refractivity contribution in [3.8, 4) is 16.9 Å². The highest BCUT2D eigenvalue weighted by Gasteiger charge is 2.31. The quantitative estimate of drug-likeness (QED) is 0.289. The molecule has 5 rings (SSSR count). The molecular formula is C28H30N4O2S2. The number of hydrogen-bond donors (Lipinski definition) is 0. The molecule has 0 spiro atoms. The third kappa shape index (κ3) is 5.61. The molecule has 1 fully saturated rings. The number of morpholine rings is 1. The van der Waals surface area contributed by atoms with Crippen LogP contribution in [-0.2, 0) is 9.53 Å². The zero-order valence-electron chi connectivity index (χ0n) is 20.8. The van der Waals surface area contributed by atoms with Gasteiger partial charge in [0.15, 0.2) is 5.17 Å². The normalized spacial score (nSPS) is 21.3. The van der Waals surface area contributed by atoms with E-state index in [1.807, 2.05) is 59.0 Å². The molecule has 8 heteroatoms. The van der Waals surface area contributed by atoms with Crippen LogP contribution in [0.25, 0.3) is 23.0 Å². The van der Waals surface area contributed by atoms with Crippen LogP contribution in [0.2, 0.25) is 0 Å². The molecular weight excluding hydrogens is 488 g/mol. The molecule has 1 amide bonds. The maximum Gasteiger partial charge on any atom is 0.286 e.